The van der Waals surface area contributed by atoms with Gasteiger partial charge in [0.1, 0.15) is 5.75 Å². The monoisotopic (exact) mass is 291 g/mol. The second kappa shape index (κ2) is 6.13. The van der Waals surface area contributed by atoms with Crippen LogP contribution in [-0.2, 0) is 16.1 Å². The molecule has 0 fully saturated rings. The van der Waals surface area contributed by atoms with E-state index in [1.165, 1.54) is 0 Å². The Bertz CT molecular complexity index is 550. The molecule has 0 bridgehead atoms. The lowest BCUT2D eigenvalue weighted by molar-refractivity contribution is -0.121. The van der Waals surface area contributed by atoms with E-state index in [4.69, 9.17) is 4.74 Å². The van der Waals surface area contributed by atoms with Crippen LogP contribution in [0.1, 0.15) is 26.3 Å². The Morgan fingerprint density at radius 1 is 1.38 bits per heavy atom. The van der Waals surface area contributed by atoms with Gasteiger partial charge in [0.2, 0.25) is 5.91 Å². The van der Waals surface area contributed by atoms with Crippen LogP contribution in [0.15, 0.2) is 18.2 Å². The zero-order valence-electron chi connectivity index (χ0n) is 12.6. The van der Waals surface area contributed by atoms with E-state index in [9.17, 15) is 9.59 Å². The minimum absolute atomic E-state index is 0.0444. The fourth-order valence-electron chi connectivity index (χ4n) is 2.02. The van der Waals surface area contributed by atoms with Crippen LogP contribution in [0.4, 0.5) is 5.69 Å². The van der Waals surface area contributed by atoms with E-state index >= 15 is 0 Å². The summed E-state index contributed by atoms with van der Waals surface area (Å²) in [5.41, 5.74) is 1.42. The minimum Gasteiger partial charge on any atom is -0.482 e. The third kappa shape index (κ3) is 4.75. The fourth-order valence-corrected chi connectivity index (χ4v) is 2.02. The molecule has 21 heavy (non-hydrogen) atoms. The quantitative estimate of drug-likeness (QED) is 0.774. The third-order valence-electron chi connectivity index (χ3n) is 2.81. The molecule has 1 aliphatic heterocycles. The first-order valence-electron chi connectivity index (χ1n) is 6.91. The van der Waals surface area contributed by atoms with Crippen LogP contribution in [0.3, 0.4) is 0 Å². The maximum absolute atomic E-state index is 11.7. The van der Waals surface area contributed by atoms with E-state index in [2.05, 4.69) is 16.0 Å². The van der Waals surface area contributed by atoms with Gasteiger partial charge in [0, 0.05) is 12.1 Å². The molecule has 114 valence electrons. The lowest BCUT2D eigenvalue weighted by atomic mass is 10.1. The summed E-state index contributed by atoms with van der Waals surface area (Å²) in [6.45, 7) is 6.67. The van der Waals surface area contributed by atoms with E-state index in [1.54, 1.807) is 0 Å². The standard InChI is InChI=1S/C15H21N3O3/c1-15(2,3)18-13(19)8-16-7-10-4-5-12-11(6-10)17-14(20)9-21-12/h4-6,16H,7-9H2,1-3H3,(H,17,20)(H,18,19). The van der Waals surface area contributed by atoms with Crippen LogP contribution >= 0.6 is 0 Å². The molecule has 0 unspecified atom stereocenters. The Hall–Kier alpha value is -2.08. The first kappa shape index (κ1) is 15.3. The SMILES string of the molecule is CC(C)(C)NC(=O)CNCc1ccc2c(c1)NC(=O)CO2. The maximum atomic E-state index is 11.7. The number of anilines is 1. The third-order valence-corrected chi connectivity index (χ3v) is 2.81. The van der Waals surface area contributed by atoms with Gasteiger partial charge in [0.15, 0.2) is 6.61 Å². The molecule has 3 N–H and O–H groups in total. The highest BCUT2D eigenvalue weighted by atomic mass is 16.5. The molecule has 0 aliphatic carbocycles. The molecule has 6 nitrogen and oxygen atoms in total. The van der Waals surface area contributed by atoms with E-state index < -0.39 is 0 Å². The van der Waals surface area contributed by atoms with Crippen LogP contribution in [0.2, 0.25) is 0 Å². The molecule has 1 aliphatic rings. The van der Waals surface area contributed by atoms with Crippen molar-refractivity contribution in [1.82, 2.24) is 10.6 Å². The molecule has 1 aromatic rings. The van der Waals surface area contributed by atoms with Gasteiger partial charge < -0.3 is 20.7 Å². The van der Waals surface area contributed by atoms with Crippen LogP contribution in [0.5, 0.6) is 5.75 Å². The summed E-state index contributed by atoms with van der Waals surface area (Å²) in [4.78, 5) is 22.9. The normalized spacial score (nSPS) is 14.0. The average Bonchev–Trinajstić information content (AvgIpc) is 2.36. The molecule has 0 saturated heterocycles. The average molecular weight is 291 g/mol. The molecule has 0 radical (unpaired) electrons. The van der Waals surface area contributed by atoms with Crippen LogP contribution in [0.25, 0.3) is 0 Å². The molecule has 1 aromatic carbocycles. The first-order valence-corrected chi connectivity index (χ1v) is 6.91. The summed E-state index contributed by atoms with van der Waals surface area (Å²) in [5, 5.41) is 8.72. The molecule has 1 heterocycles. The summed E-state index contributed by atoms with van der Waals surface area (Å²) in [6, 6.07) is 5.58. The summed E-state index contributed by atoms with van der Waals surface area (Å²) >= 11 is 0. The number of hydrogen-bond donors (Lipinski definition) is 3. The number of benzene rings is 1. The molecule has 0 saturated carbocycles. The Kier molecular flexibility index (Phi) is 4.47. The van der Waals surface area contributed by atoms with Crippen molar-refractivity contribution in [3.8, 4) is 5.75 Å². The van der Waals surface area contributed by atoms with Gasteiger partial charge in [0.05, 0.1) is 12.2 Å². The van der Waals surface area contributed by atoms with Gasteiger partial charge in [-0.3, -0.25) is 9.59 Å². The Morgan fingerprint density at radius 2 is 2.14 bits per heavy atom. The Morgan fingerprint density at radius 3 is 2.86 bits per heavy atom. The van der Waals surface area contributed by atoms with E-state index in [0.29, 0.717) is 18.0 Å². The highest BCUT2D eigenvalue weighted by molar-refractivity contribution is 5.95. The number of fused-ring (bicyclic) bond motifs is 1. The van der Waals surface area contributed by atoms with Gasteiger partial charge in [-0.05, 0) is 38.5 Å². The van der Waals surface area contributed by atoms with Crippen LogP contribution in [0, 0.1) is 0 Å². The van der Waals surface area contributed by atoms with Crippen LogP contribution < -0.4 is 20.7 Å². The van der Waals surface area contributed by atoms with E-state index in [1.807, 2.05) is 39.0 Å². The molecular weight excluding hydrogens is 270 g/mol. The molecule has 6 heteroatoms. The lowest BCUT2D eigenvalue weighted by Crippen LogP contribution is -2.44. The summed E-state index contributed by atoms with van der Waals surface area (Å²) in [5.74, 6) is 0.470. The van der Waals surface area contributed by atoms with Crippen molar-refractivity contribution in [2.45, 2.75) is 32.9 Å². The number of carbonyl (C=O) groups is 2. The van der Waals surface area contributed by atoms with Gasteiger partial charge in [-0.1, -0.05) is 6.07 Å². The number of carbonyl (C=O) groups excluding carboxylic acids is 2. The minimum atomic E-state index is -0.230. The molecular formula is C15H21N3O3. The van der Waals surface area contributed by atoms with Gasteiger partial charge in [-0.25, -0.2) is 0 Å². The van der Waals surface area contributed by atoms with Crippen molar-refractivity contribution >= 4 is 17.5 Å². The lowest BCUT2D eigenvalue weighted by Gasteiger charge is -2.21. The molecule has 2 amide bonds. The van der Waals surface area contributed by atoms with Crippen LogP contribution in [-0.4, -0.2) is 30.5 Å². The number of ether oxygens (including phenoxy) is 1. The zero-order chi connectivity index (χ0) is 15.5. The Balaban J connectivity index is 1.85. The molecule has 2 rings (SSSR count). The second-order valence-electron chi connectivity index (χ2n) is 6.07. The highest BCUT2D eigenvalue weighted by Gasteiger charge is 2.16. The van der Waals surface area contributed by atoms with Crippen molar-refractivity contribution in [2.24, 2.45) is 0 Å². The van der Waals surface area contributed by atoms with E-state index in [-0.39, 0.29) is 30.5 Å². The van der Waals surface area contributed by atoms with Gasteiger partial charge >= 0.3 is 0 Å². The number of hydrogen-bond acceptors (Lipinski definition) is 4. The fraction of sp³-hybridized carbons (Fsp3) is 0.467. The zero-order valence-corrected chi connectivity index (χ0v) is 12.6. The van der Waals surface area contributed by atoms with Crippen molar-refractivity contribution in [1.29, 1.82) is 0 Å². The van der Waals surface area contributed by atoms with Crippen molar-refractivity contribution in [2.75, 3.05) is 18.5 Å². The maximum Gasteiger partial charge on any atom is 0.262 e. The summed E-state index contributed by atoms with van der Waals surface area (Å²) in [7, 11) is 0. The number of amides is 2. The smallest absolute Gasteiger partial charge is 0.262 e. The summed E-state index contributed by atoms with van der Waals surface area (Å²) in [6.07, 6.45) is 0. The Labute approximate surface area is 124 Å². The predicted molar refractivity (Wildman–Crippen MR) is 80.2 cm³/mol. The predicted octanol–water partition coefficient (Wildman–Crippen LogP) is 1.02. The summed E-state index contributed by atoms with van der Waals surface area (Å²) < 4.78 is 5.29. The number of rotatable bonds is 4. The van der Waals surface area contributed by atoms with E-state index in [0.717, 1.165) is 5.56 Å². The van der Waals surface area contributed by atoms with Gasteiger partial charge in [0.25, 0.3) is 5.91 Å². The topological polar surface area (TPSA) is 79.5 Å². The van der Waals surface area contributed by atoms with Gasteiger partial charge in [-0.15, -0.1) is 0 Å². The molecule has 0 atom stereocenters. The first-order chi connectivity index (χ1) is 9.83. The highest BCUT2D eigenvalue weighted by Crippen LogP contribution is 2.28. The second-order valence-corrected chi connectivity index (χ2v) is 6.07. The molecule has 0 aromatic heterocycles. The molecule has 0 spiro atoms. The number of nitrogens with one attached hydrogen (secondary N) is 3. The largest absolute Gasteiger partial charge is 0.482 e. The van der Waals surface area contributed by atoms with Crippen molar-refractivity contribution < 1.29 is 14.3 Å². The van der Waals surface area contributed by atoms with Crippen molar-refractivity contribution in [3.63, 3.8) is 0 Å². The van der Waals surface area contributed by atoms with Gasteiger partial charge in [-0.2, -0.15) is 0 Å². The van der Waals surface area contributed by atoms with Crippen molar-refractivity contribution in [3.05, 3.63) is 23.8 Å².